The Balaban J connectivity index is 1.18. The van der Waals surface area contributed by atoms with Gasteiger partial charge in [-0.2, -0.15) is 0 Å². The minimum absolute atomic E-state index is 0.766. The van der Waals surface area contributed by atoms with Gasteiger partial charge in [0.15, 0.2) is 0 Å². The van der Waals surface area contributed by atoms with E-state index in [2.05, 4.69) is 51.6 Å². The summed E-state index contributed by atoms with van der Waals surface area (Å²) in [5.74, 6) is 1.58. The van der Waals surface area contributed by atoms with Crippen molar-refractivity contribution in [1.82, 2.24) is 15.2 Å². The summed E-state index contributed by atoms with van der Waals surface area (Å²) >= 11 is 0. The fraction of sp³-hybridized carbons (Fsp3) is 0.500. The molecule has 0 atom stereocenters. The van der Waals surface area contributed by atoms with Crippen LogP contribution in [0.15, 0.2) is 48.7 Å². The molecule has 1 N–H and O–H groups in total. The quantitative estimate of drug-likeness (QED) is 0.830. The molecule has 3 nitrogen and oxygen atoms in total. The predicted molar refractivity (Wildman–Crippen MR) is 102 cm³/mol. The highest BCUT2D eigenvalue weighted by Crippen LogP contribution is 2.41. The second kappa shape index (κ2) is 8.11. The Labute approximate surface area is 151 Å². The average Bonchev–Trinajstić information content (AvgIpc) is 3.12. The van der Waals surface area contributed by atoms with E-state index in [1.807, 2.05) is 12.3 Å². The Morgan fingerprint density at radius 1 is 1.00 bits per heavy atom. The normalized spacial score (nSPS) is 23.5. The van der Waals surface area contributed by atoms with Gasteiger partial charge in [-0.05, 0) is 80.4 Å². The molecule has 0 amide bonds. The Kier molecular flexibility index (Phi) is 5.43. The van der Waals surface area contributed by atoms with E-state index in [1.54, 1.807) is 0 Å². The van der Waals surface area contributed by atoms with Gasteiger partial charge in [0.2, 0.25) is 0 Å². The van der Waals surface area contributed by atoms with Gasteiger partial charge in [-0.15, -0.1) is 0 Å². The maximum Gasteiger partial charge on any atom is 0.0541 e. The largest absolute Gasteiger partial charge is 0.311 e. The van der Waals surface area contributed by atoms with Crippen molar-refractivity contribution in [3.63, 3.8) is 0 Å². The molecule has 2 aliphatic rings. The van der Waals surface area contributed by atoms with Crippen molar-refractivity contribution in [2.24, 2.45) is 5.92 Å². The smallest absolute Gasteiger partial charge is 0.0541 e. The summed E-state index contributed by atoms with van der Waals surface area (Å²) in [5, 5.41) is 3.56. The Morgan fingerprint density at radius 3 is 2.52 bits per heavy atom. The summed E-state index contributed by atoms with van der Waals surface area (Å²) in [4.78, 5) is 6.93. The van der Waals surface area contributed by atoms with Crippen molar-refractivity contribution in [2.75, 3.05) is 19.6 Å². The number of likely N-dealkylation sites (tertiary alicyclic amines) is 1. The molecule has 25 heavy (non-hydrogen) atoms. The molecule has 1 aromatic heterocycles. The zero-order chi connectivity index (χ0) is 16.9. The lowest BCUT2D eigenvalue weighted by atomic mass is 9.71. The molecular formula is C22H29N3. The fourth-order valence-electron chi connectivity index (χ4n) is 4.18. The van der Waals surface area contributed by atoms with Crippen LogP contribution in [0.5, 0.6) is 0 Å². The Hall–Kier alpha value is -1.71. The monoisotopic (exact) mass is 335 g/mol. The minimum atomic E-state index is 0.766. The van der Waals surface area contributed by atoms with Crippen LogP contribution < -0.4 is 5.32 Å². The molecule has 4 rings (SSSR count). The van der Waals surface area contributed by atoms with Crippen LogP contribution in [0.1, 0.15) is 48.4 Å². The molecular weight excluding hydrogens is 306 g/mol. The standard InChI is InChI=1S/C22H29N3/c1-2-10-24-22(5-1)16-23-15-19-13-21(14-19)20-8-6-18(7-9-20)17-25-11-3-4-12-25/h1-2,5-10,19,21,23H,3-4,11-17H2/t19-,21-. The second-order valence-corrected chi connectivity index (χ2v) is 7.71. The van der Waals surface area contributed by atoms with Crippen LogP contribution in [0.4, 0.5) is 0 Å². The van der Waals surface area contributed by atoms with Crippen LogP contribution in [0, 0.1) is 5.92 Å². The van der Waals surface area contributed by atoms with Crippen LogP contribution >= 0.6 is 0 Å². The molecule has 2 heterocycles. The first-order valence-electron chi connectivity index (χ1n) is 9.78. The highest BCUT2D eigenvalue weighted by molar-refractivity contribution is 5.27. The average molecular weight is 335 g/mol. The highest BCUT2D eigenvalue weighted by Gasteiger charge is 2.29. The summed E-state index contributed by atoms with van der Waals surface area (Å²) in [5.41, 5.74) is 4.14. The van der Waals surface area contributed by atoms with Crippen LogP contribution in [-0.4, -0.2) is 29.5 Å². The van der Waals surface area contributed by atoms with E-state index in [0.717, 1.165) is 37.2 Å². The molecule has 0 unspecified atom stereocenters. The van der Waals surface area contributed by atoms with Crippen molar-refractivity contribution in [1.29, 1.82) is 0 Å². The number of benzene rings is 1. The van der Waals surface area contributed by atoms with Gasteiger partial charge in [-0.1, -0.05) is 30.3 Å². The lowest BCUT2D eigenvalue weighted by molar-refractivity contribution is 0.253. The van der Waals surface area contributed by atoms with Crippen LogP contribution in [-0.2, 0) is 13.1 Å². The van der Waals surface area contributed by atoms with E-state index in [1.165, 1.54) is 49.9 Å². The predicted octanol–water partition coefficient (Wildman–Crippen LogP) is 3.96. The van der Waals surface area contributed by atoms with Crippen molar-refractivity contribution >= 4 is 0 Å². The first-order chi connectivity index (χ1) is 12.4. The third-order valence-corrected chi connectivity index (χ3v) is 5.76. The maximum atomic E-state index is 4.36. The first kappa shape index (κ1) is 16.7. The molecule has 1 aliphatic carbocycles. The zero-order valence-corrected chi connectivity index (χ0v) is 15.0. The minimum Gasteiger partial charge on any atom is -0.311 e. The number of aromatic nitrogens is 1. The van der Waals surface area contributed by atoms with Gasteiger partial charge in [0, 0.05) is 19.3 Å². The number of pyridine rings is 1. The van der Waals surface area contributed by atoms with E-state index in [9.17, 15) is 0 Å². The lowest BCUT2D eigenvalue weighted by Crippen LogP contribution is -2.32. The third-order valence-electron chi connectivity index (χ3n) is 5.76. The topological polar surface area (TPSA) is 28.2 Å². The lowest BCUT2D eigenvalue weighted by Gasteiger charge is -2.36. The molecule has 2 fully saturated rings. The third kappa shape index (κ3) is 4.47. The first-order valence-corrected chi connectivity index (χ1v) is 9.78. The van der Waals surface area contributed by atoms with Crippen LogP contribution in [0.2, 0.25) is 0 Å². The van der Waals surface area contributed by atoms with Crippen molar-refractivity contribution in [3.05, 3.63) is 65.5 Å². The number of hydrogen-bond acceptors (Lipinski definition) is 3. The zero-order valence-electron chi connectivity index (χ0n) is 15.0. The van der Waals surface area contributed by atoms with Crippen LogP contribution in [0.25, 0.3) is 0 Å². The molecule has 1 aromatic carbocycles. The highest BCUT2D eigenvalue weighted by atomic mass is 15.1. The SMILES string of the molecule is c1ccc(CNC[C@H]2C[C@H](c3ccc(CN4CCCC4)cc3)C2)nc1. The van der Waals surface area contributed by atoms with Gasteiger partial charge in [-0.3, -0.25) is 9.88 Å². The van der Waals surface area contributed by atoms with Crippen LogP contribution in [0.3, 0.4) is 0 Å². The number of nitrogens with zero attached hydrogens (tertiary/aromatic N) is 2. The van der Waals surface area contributed by atoms with E-state index in [-0.39, 0.29) is 0 Å². The van der Waals surface area contributed by atoms with Crippen molar-refractivity contribution in [2.45, 2.75) is 44.7 Å². The van der Waals surface area contributed by atoms with E-state index in [0.29, 0.717) is 0 Å². The Morgan fingerprint density at radius 2 is 1.80 bits per heavy atom. The summed E-state index contributed by atoms with van der Waals surface area (Å²) in [6, 6.07) is 15.5. The summed E-state index contributed by atoms with van der Waals surface area (Å²) in [6.45, 7) is 5.67. The van der Waals surface area contributed by atoms with Gasteiger partial charge in [0.25, 0.3) is 0 Å². The molecule has 1 aliphatic heterocycles. The number of hydrogen-bond donors (Lipinski definition) is 1. The second-order valence-electron chi connectivity index (χ2n) is 7.71. The van der Waals surface area contributed by atoms with Gasteiger partial charge in [0.05, 0.1) is 5.69 Å². The summed E-state index contributed by atoms with van der Waals surface area (Å²) < 4.78 is 0. The molecule has 0 bridgehead atoms. The van der Waals surface area contributed by atoms with E-state index in [4.69, 9.17) is 0 Å². The molecule has 0 spiro atoms. The van der Waals surface area contributed by atoms with Gasteiger partial charge in [-0.25, -0.2) is 0 Å². The summed E-state index contributed by atoms with van der Waals surface area (Å²) in [7, 11) is 0. The van der Waals surface area contributed by atoms with E-state index < -0.39 is 0 Å². The molecule has 2 aromatic rings. The Bertz CT molecular complexity index is 641. The van der Waals surface area contributed by atoms with E-state index >= 15 is 0 Å². The van der Waals surface area contributed by atoms with Crippen molar-refractivity contribution < 1.29 is 0 Å². The van der Waals surface area contributed by atoms with Gasteiger partial charge < -0.3 is 5.32 Å². The molecule has 1 saturated heterocycles. The molecule has 132 valence electrons. The van der Waals surface area contributed by atoms with Crippen molar-refractivity contribution in [3.8, 4) is 0 Å². The molecule has 1 saturated carbocycles. The number of nitrogens with one attached hydrogen (secondary N) is 1. The van der Waals surface area contributed by atoms with Gasteiger partial charge in [0.1, 0.15) is 0 Å². The summed E-state index contributed by atoms with van der Waals surface area (Å²) in [6.07, 6.45) is 7.25. The maximum absolute atomic E-state index is 4.36. The molecule has 3 heteroatoms. The van der Waals surface area contributed by atoms with Gasteiger partial charge >= 0.3 is 0 Å². The number of rotatable bonds is 7. The molecule has 0 radical (unpaired) electrons. The fourth-order valence-corrected chi connectivity index (χ4v) is 4.18.